The summed E-state index contributed by atoms with van der Waals surface area (Å²) in [7, 11) is 0. The molecule has 2 rings (SSSR count). The Bertz CT molecular complexity index is 535. The molecule has 0 unspecified atom stereocenters. The van der Waals surface area contributed by atoms with Gasteiger partial charge in [0.05, 0.1) is 0 Å². The van der Waals surface area contributed by atoms with Crippen LogP contribution in [-0.2, 0) is 0 Å². The summed E-state index contributed by atoms with van der Waals surface area (Å²) in [5.74, 6) is -0.520. The second-order valence-electron chi connectivity index (χ2n) is 4.21. The van der Waals surface area contributed by atoms with Gasteiger partial charge in [-0.15, -0.1) is 0 Å². The molecule has 0 heterocycles. The molecule has 0 saturated carbocycles. The zero-order valence-corrected chi connectivity index (χ0v) is 9.83. The number of carbonyl (C=O) groups excluding carboxylic acids is 1. The molecule has 2 heteroatoms. The quantitative estimate of drug-likeness (QED) is 0.717. The van der Waals surface area contributed by atoms with Crippen molar-refractivity contribution in [3.63, 3.8) is 0 Å². The second-order valence-corrected chi connectivity index (χ2v) is 4.21. The minimum atomic E-state index is -0.375. The van der Waals surface area contributed by atoms with Crippen LogP contribution in [0.5, 0.6) is 0 Å². The maximum Gasteiger partial charge on any atom is 0.193 e. The van der Waals surface area contributed by atoms with Crippen LogP contribution in [0.1, 0.15) is 27.0 Å². The molecule has 0 atom stereocenters. The fraction of sp³-hybridized carbons (Fsp3) is 0.133. The molecule has 1 nitrogen and oxygen atoms in total. The Kier molecular flexibility index (Phi) is 3.05. The van der Waals surface area contributed by atoms with E-state index in [4.69, 9.17) is 0 Å². The molecule has 0 fully saturated rings. The molecule has 0 amide bonds. The zero-order valence-electron chi connectivity index (χ0n) is 9.83. The molecule has 0 aliphatic heterocycles. The summed E-state index contributed by atoms with van der Waals surface area (Å²) in [6.07, 6.45) is 0. The van der Waals surface area contributed by atoms with Crippen molar-refractivity contribution >= 4 is 5.78 Å². The van der Waals surface area contributed by atoms with Crippen LogP contribution in [0.3, 0.4) is 0 Å². The van der Waals surface area contributed by atoms with Crippen molar-refractivity contribution in [3.8, 4) is 0 Å². The fourth-order valence-electron chi connectivity index (χ4n) is 1.74. The Morgan fingerprint density at radius 1 is 0.882 bits per heavy atom. The summed E-state index contributed by atoms with van der Waals surface area (Å²) < 4.78 is 13.2. The molecule has 17 heavy (non-hydrogen) atoms. The highest BCUT2D eigenvalue weighted by molar-refractivity contribution is 6.09. The van der Waals surface area contributed by atoms with Gasteiger partial charge in [0.15, 0.2) is 5.78 Å². The van der Waals surface area contributed by atoms with Crippen molar-refractivity contribution in [1.82, 2.24) is 0 Å². The van der Waals surface area contributed by atoms with Crippen molar-refractivity contribution in [3.05, 3.63) is 70.5 Å². The van der Waals surface area contributed by atoms with Crippen LogP contribution in [0, 0.1) is 19.7 Å². The summed E-state index contributed by atoms with van der Waals surface area (Å²) in [6, 6.07) is 11.7. The van der Waals surface area contributed by atoms with Crippen molar-refractivity contribution < 1.29 is 9.18 Å². The minimum absolute atomic E-state index is 0.146. The minimum Gasteiger partial charge on any atom is -0.289 e. The van der Waals surface area contributed by atoms with E-state index in [2.05, 4.69) is 0 Å². The first kappa shape index (κ1) is 11.5. The van der Waals surface area contributed by atoms with Crippen molar-refractivity contribution in [2.24, 2.45) is 0 Å². The Morgan fingerprint density at radius 2 is 1.53 bits per heavy atom. The molecular weight excluding hydrogens is 215 g/mol. The smallest absolute Gasteiger partial charge is 0.193 e. The van der Waals surface area contributed by atoms with Gasteiger partial charge in [-0.3, -0.25) is 4.79 Å². The molecule has 0 radical (unpaired) electrons. The Morgan fingerprint density at radius 3 is 2.12 bits per heavy atom. The van der Waals surface area contributed by atoms with E-state index in [0.29, 0.717) is 11.1 Å². The third-order valence-electron chi connectivity index (χ3n) is 2.62. The highest BCUT2D eigenvalue weighted by Gasteiger charge is 2.10. The van der Waals surface area contributed by atoms with Crippen LogP contribution in [0.2, 0.25) is 0 Å². The summed E-state index contributed by atoms with van der Waals surface area (Å²) in [6.45, 7) is 3.73. The number of aryl methyl sites for hydroxylation is 2. The molecule has 2 aromatic carbocycles. The number of halogens is 1. The Labute approximate surface area is 99.9 Å². The summed E-state index contributed by atoms with van der Waals surface area (Å²) in [4.78, 5) is 12.1. The van der Waals surface area contributed by atoms with Crippen LogP contribution in [0.25, 0.3) is 0 Å². The summed E-state index contributed by atoms with van der Waals surface area (Å²) in [5.41, 5.74) is 2.82. The van der Waals surface area contributed by atoms with Gasteiger partial charge < -0.3 is 0 Å². The van der Waals surface area contributed by atoms with Crippen LogP contribution in [0.15, 0.2) is 42.5 Å². The second kappa shape index (κ2) is 4.50. The van der Waals surface area contributed by atoms with Gasteiger partial charge in [-0.05, 0) is 37.6 Å². The zero-order chi connectivity index (χ0) is 12.4. The van der Waals surface area contributed by atoms with Gasteiger partial charge in [0.1, 0.15) is 5.82 Å². The average Bonchev–Trinajstić information content (AvgIpc) is 2.28. The van der Waals surface area contributed by atoms with Gasteiger partial charge >= 0.3 is 0 Å². The first-order chi connectivity index (χ1) is 8.06. The van der Waals surface area contributed by atoms with Gasteiger partial charge in [0.2, 0.25) is 0 Å². The number of carbonyl (C=O) groups is 1. The van der Waals surface area contributed by atoms with Crippen LogP contribution >= 0.6 is 0 Å². The van der Waals surface area contributed by atoms with Gasteiger partial charge in [0.25, 0.3) is 0 Å². The van der Waals surface area contributed by atoms with Crippen LogP contribution < -0.4 is 0 Å². The van der Waals surface area contributed by atoms with Crippen molar-refractivity contribution in [2.45, 2.75) is 13.8 Å². The summed E-state index contributed by atoms with van der Waals surface area (Å²) >= 11 is 0. The van der Waals surface area contributed by atoms with E-state index < -0.39 is 0 Å². The molecule has 0 aliphatic rings. The van der Waals surface area contributed by atoms with Crippen molar-refractivity contribution in [2.75, 3.05) is 0 Å². The van der Waals surface area contributed by atoms with E-state index in [1.165, 1.54) is 12.1 Å². The largest absolute Gasteiger partial charge is 0.289 e. The molecule has 0 N–H and O–H groups in total. The molecule has 0 spiro atoms. The molecule has 0 saturated heterocycles. The SMILES string of the molecule is Cc1ccc(C(=O)c2cc(C)cc(F)c2)cc1. The fourth-order valence-corrected chi connectivity index (χ4v) is 1.74. The van der Waals surface area contributed by atoms with Gasteiger partial charge in [0, 0.05) is 11.1 Å². The normalized spacial score (nSPS) is 10.3. The number of hydrogen-bond acceptors (Lipinski definition) is 1. The van der Waals surface area contributed by atoms with Gasteiger partial charge in [-0.1, -0.05) is 29.8 Å². The number of ketones is 1. The lowest BCUT2D eigenvalue weighted by atomic mass is 10.0. The Balaban J connectivity index is 2.40. The highest BCUT2D eigenvalue weighted by Crippen LogP contribution is 2.14. The van der Waals surface area contributed by atoms with Gasteiger partial charge in [-0.2, -0.15) is 0 Å². The first-order valence-electron chi connectivity index (χ1n) is 5.45. The predicted octanol–water partition coefficient (Wildman–Crippen LogP) is 3.67. The molecular formula is C15H13FO. The lowest BCUT2D eigenvalue weighted by molar-refractivity contribution is 0.103. The first-order valence-corrected chi connectivity index (χ1v) is 5.45. The van der Waals surface area contributed by atoms with Gasteiger partial charge in [-0.25, -0.2) is 4.39 Å². The topological polar surface area (TPSA) is 17.1 Å². The van der Waals surface area contributed by atoms with E-state index in [1.54, 1.807) is 25.1 Å². The maximum atomic E-state index is 13.2. The van der Waals surface area contributed by atoms with E-state index >= 15 is 0 Å². The molecule has 0 aromatic heterocycles. The number of benzene rings is 2. The molecule has 2 aromatic rings. The maximum absolute atomic E-state index is 13.2. The Hall–Kier alpha value is -1.96. The highest BCUT2D eigenvalue weighted by atomic mass is 19.1. The van der Waals surface area contributed by atoms with Crippen LogP contribution in [0.4, 0.5) is 4.39 Å². The van der Waals surface area contributed by atoms with E-state index in [1.807, 2.05) is 19.1 Å². The third kappa shape index (κ3) is 2.59. The number of rotatable bonds is 2. The monoisotopic (exact) mass is 228 g/mol. The molecule has 0 aliphatic carbocycles. The third-order valence-corrected chi connectivity index (χ3v) is 2.62. The summed E-state index contributed by atoms with van der Waals surface area (Å²) in [5, 5.41) is 0. The molecule has 0 bridgehead atoms. The van der Waals surface area contributed by atoms with Crippen molar-refractivity contribution in [1.29, 1.82) is 0 Å². The van der Waals surface area contributed by atoms with Crippen LogP contribution in [-0.4, -0.2) is 5.78 Å². The lowest BCUT2D eigenvalue weighted by Crippen LogP contribution is -2.02. The lowest BCUT2D eigenvalue weighted by Gasteiger charge is -2.03. The predicted molar refractivity (Wildman–Crippen MR) is 65.7 cm³/mol. The van der Waals surface area contributed by atoms with E-state index in [0.717, 1.165) is 11.1 Å². The standard InChI is InChI=1S/C15H13FO/c1-10-3-5-12(6-4-10)15(17)13-7-11(2)8-14(16)9-13/h3-9H,1-2H3. The molecule has 86 valence electrons. The average molecular weight is 228 g/mol. The number of hydrogen-bond donors (Lipinski definition) is 0. The van der Waals surface area contributed by atoms with E-state index in [9.17, 15) is 9.18 Å². The van der Waals surface area contributed by atoms with E-state index in [-0.39, 0.29) is 11.6 Å².